The predicted molar refractivity (Wildman–Crippen MR) is 95.1 cm³/mol. The first-order valence-electron chi connectivity index (χ1n) is 8.60. The molecule has 134 valence electrons. The van der Waals surface area contributed by atoms with Crippen molar-refractivity contribution in [1.29, 1.82) is 0 Å². The van der Waals surface area contributed by atoms with Crippen LogP contribution >= 0.6 is 0 Å². The number of aliphatic hydroxyl groups is 1. The highest BCUT2D eigenvalue weighted by Gasteiger charge is 2.48. The van der Waals surface area contributed by atoms with Crippen molar-refractivity contribution in [3.8, 4) is 11.4 Å². The number of rotatable bonds is 6. The van der Waals surface area contributed by atoms with Gasteiger partial charge in [-0.2, -0.15) is 5.10 Å². The molecule has 3 aromatic rings. The number of para-hydroxylation sites is 1. The predicted octanol–water partition coefficient (Wildman–Crippen LogP) is 3.03. The Labute approximate surface area is 151 Å². The normalized spacial score (nSPS) is 15.0. The van der Waals surface area contributed by atoms with Gasteiger partial charge in [0.2, 0.25) is 0 Å². The second-order valence-electron chi connectivity index (χ2n) is 6.67. The van der Waals surface area contributed by atoms with Crippen LogP contribution in [0.25, 0.3) is 5.69 Å². The molecule has 0 unspecified atom stereocenters. The van der Waals surface area contributed by atoms with Crippen LogP contribution in [-0.4, -0.2) is 33.6 Å². The third-order valence-electron chi connectivity index (χ3n) is 4.88. The zero-order valence-electron chi connectivity index (χ0n) is 14.5. The van der Waals surface area contributed by atoms with Gasteiger partial charge in [-0.05, 0) is 37.1 Å². The fraction of sp³-hybridized carbons (Fsp3) is 0.300. The van der Waals surface area contributed by atoms with Gasteiger partial charge < -0.3 is 9.84 Å². The molecule has 6 heteroatoms. The van der Waals surface area contributed by atoms with Crippen molar-refractivity contribution in [1.82, 2.24) is 14.8 Å². The minimum absolute atomic E-state index is 0.00903. The molecular weight excluding hydrogens is 333 g/mol. The van der Waals surface area contributed by atoms with E-state index in [1.54, 1.807) is 23.9 Å². The summed E-state index contributed by atoms with van der Waals surface area (Å²) in [6.45, 7) is 0.00903. The summed E-state index contributed by atoms with van der Waals surface area (Å²) in [5.41, 5.74) is 1.21. The third kappa shape index (κ3) is 2.97. The van der Waals surface area contributed by atoms with Gasteiger partial charge in [0.1, 0.15) is 17.4 Å². The number of hydrogen-bond acceptors (Lipinski definition) is 4. The molecule has 1 aromatic heterocycles. The Hall–Kier alpha value is -2.73. The number of halogens is 1. The van der Waals surface area contributed by atoms with Crippen molar-refractivity contribution in [3.05, 3.63) is 71.6 Å². The Kier molecular flexibility index (Phi) is 4.20. The van der Waals surface area contributed by atoms with E-state index in [1.807, 2.05) is 24.3 Å². The fourth-order valence-corrected chi connectivity index (χ4v) is 3.18. The second kappa shape index (κ2) is 6.53. The number of methoxy groups -OCH3 is 1. The maximum Gasteiger partial charge on any atom is 0.155 e. The van der Waals surface area contributed by atoms with E-state index in [1.165, 1.54) is 12.1 Å². The van der Waals surface area contributed by atoms with E-state index in [9.17, 15) is 9.50 Å². The van der Waals surface area contributed by atoms with Gasteiger partial charge in [-0.25, -0.2) is 14.1 Å². The number of nitrogens with zero attached hydrogens (tertiary/aromatic N) is 3. The highest BCUT2D eigenvalue weighted by molar-refractivity contribution is 5.38. The Morgan fingerprint density at radius 1 is 1.19 bits per heavy atom. The highest BCUT2D eigenvalue weighted by Crippen LogP contribution is 2.47. The highest BCUT2D eigenvalue weighted by atomic mass is 19.1. The van der Waals surface area contributed by atoms with Crippen molar-refractivity contribution >= 4 is 0 Å². The summed E-state index contributed by atoms with van der Waals surface area (Å²) in [6.07, 6.45) is 2.21. The van der Waals surface area contributed by atoms with Gasteiger partial charge in [0, 0.05) is 12.0 Å². The molecule has 1 heterocycles. The summed E-state index contributed by atoms with van der Waals surface area (Å²) in [4.78, 5) is 4.71. The maximum atomic E-state index is 13.7. The van der Waals surface area contributed by atoms with Crippen molar-refractivity contribution in [2.24, 2.45) is 0 Å². The van der Waals surface area contributed by atoms with E-state index in [0.29, 0.717) is 23.8 Å². The largest absolute Gasteiger partial charge is 0.496 e. The van der Waals surface area contributed by atoms with Crippen LogP contribution in [0, 0.1) is 5.82 Å². The Morgan fingerprint density at radius 3 is 2.69 bits per heavy atom. The van der Waals surface area contributed by atoms with Crippen LogP contribution in [0.1, 0.15) is 30.1 Å². The van der Waals surface area contributed by atoms with E-state index < -0.39 is 0 Å². The first-order valence-corrected chi connectivity index (χ1v) is 8.60. The molecule has 1 fully saturated rings. The molecular formula is C20H20FN3O2. The van der Waals surface area contributed by atoms with Crippen molar-refractivity contribution in [2.45, 2.75) is 24.7 Å². The summed E-state index contributed by atoms with van der Waals surface area (Å²) in [5.74, 6) is 1.76. The summed E-state index contributed by atoms with van der Waals surface area (Å²) in [7, 11) is 1.63. The second-order valence-corrected chi connectivity index (χ2v) is 6.67. The molecule has 0 amide bonds. The number of aromatic nitrogens is 3. The van der Waals surface area contributed by atoms with E-state index in [-0.39, 0.29) is 17.8 Å². The van der Waals surface area contributed by atoms with E-state index in [2.05, 4.69) is 5.10 Å². The lowest BCUT2D eigenvalue weighted by Gasteiger charge is -2.12. The lowest BCUT2D eigenvalue weighted by atomic mass is 10.1. The van der Waals surface area contributed by atoms with Gasteiger partial charge in [0.05, 0.1) is 24.8 Å². The van der Waals surface area contributed by atoms with E-state index in [4.69, 9.17) is 9.72 Å². The lowest BCUT2D eigenvalue weighted by molar-refractivity contribution is 0.248. The molecule has 1 aliphatic carbocycles. The molecule has 0 aliphatic heterocycles. The van der Waals surface area contributed by atoms with Crippen LogP contribution in [-0.2, 0) is 11.8 Å². The summed E-state index contributed by atoms with van der Waals surface area (Å²) < 4.78 is 20.8. The minimum Gasteiger partial charge on any atom is -0.496 e. The average Bonchev–Trinajstić information content (AvgIpc) is 3.35. The topological polar surface area (TPSA) is 60.2 Å². The zero-order chi connectivity index (χ0) is 18.1. The molecule has 2 aromatic carbocycles. The molecule has 1 aliphatic rings. The quantitative estimate of drug-likeness (QED) is 0.740. The molecule has 4 rings (SSSR count). The standard InChI is InChI=1S/C20H20FN3O2/c1-26-17-8-3-2-5-14(17)11-18-22-19(20(13-25)9-10-20)24(23-18)16-7-4-6-15(21)12-16/h2-8,12,25H,9-11,13H2,1H3. The fourth-order valence-electron chi connectivity index (χ4n) is 3.18. The molecule has 0 atom stereocenters. The minimum atomic E-state index is -0.377. The Morgan fingerprint density at radius 2 is 2.00 bits per heavy atom. The SMILES string of the molecule is COc1ccccc1Cc1nc(C2(CO)CC2)n(-c2cccc(F)c2)n1. The molecule has 1 saturated carbocycles. The van der Waals surface area contributed by atoms with Crippen molar-refractivity contribution in [3.63, 3.8) is 0 Å². The van der Waals surface area contributed by atoms with Gasteiger partial charge in [-0.3, -0.25) is 0 Å². The molecule has 0 spiro atoms. The average molecular weight is 353 g/mol. The molecule has 0 saturated heterocycles. The molecule has 0 bridgehead atoms. The van der Waals surface area contributed by atoms with Crippen LogP contribution < -0.4 is 4.74 Å². The van der Waals surface area contributed by atoms with Gasteiger partial charge in [0.15, 0.2) is 5.82 Å². The summed E-state index contributed by atoms with van der Waals surface area (Å²) >= 11 is 0. The smallest absolute Gasteiger partial charge is 0.155 e. The van der Waals surface area contributed by atoms with Gasteiger partial charge >= 0.3 is 0 Å². The number of aliphatic hydroxyl groups excluding tert-OH is 1. The summed E-state index contributed by atoms with van der Waals surface area (Å²) in [6, 6.07) is 14.0. The maximum absolute atomic E-state index is 13.7. The molecule has 0 radical (unpaired) electrons. The van der Waals surface area contributed by atoms with E-state index >= 15 is 0 Å². The lowest BCUT2D eigenvalue weighted by Crippen LogP contribution is -2.18. The number of ether oxygens (including phenoxy) is 1. The first-order chi connectivity index (χ1) is 12.6. The van der Waals surface area contributed by atoms with Crippen molar-refractivity contribution in [2.75, 3.05) is 13.7 Å². The first kappa shape index (κ1) is 16.7. The Bertz CT molecular complexity index is 934. The van der Waals surface area contributed by atoms with Crippen LogP contribution in [0.5, 0.6) is 5.75 Å². The molecule has 5 nitrogen and oxygen atoms in total. The summed E-state index contributed by atoms with van der Waals surface area (Å²) in [5, 5.41) is 14.5. The number of benzene rings is 2. The van der Waals surface area contributed by atoms with Gasteiger partial charge in [-0.15, -0.1) is 0 Å². The molecule has 1 N–H and O–H groups in total. The van der Waals surface area contributed by atoms with Gasteiger partial charge in [-0.1, -0.05) is 24.3 Å². The Balaban J connectivity index is 1.77. The molecule has 26 heavy (non-hydrogen) atoms. The van der Waals surface area contributed by atoms with E-state index in [0.717, 1.165) is 24.2 Å². The van der Waals surface area contributed by atoms with Crippen LogP contribution in [0.3, 0.4) is 0 Å². The monoisotopic (exact) mass is 353 g/mol. The van der Waals surface area contributed by atoms with Crippen LogP contribution in [0.2, 0.25) is 0 Å². The van der Waals surface area contributed by atoms with Crippen LogP contribution in [0.15, 0.2) is 48.5 Å². The zero-order valence-corrected chi connectivity index (χ0v) is 14.5. The van der Waals surface area contributed by atoms with Crippen LogP contribution in [0.4, 0.5) is 4.39 Å². The van der Waals surface area contributed by atoms with Gasteiger partial charge in [0.25, 0.3) is 0 Å². The van der Waals surface area contributed by atoms with Crippen molar-refractivity contribution < 1.29 is 14.2 Å². The third-order valence-corrected chi connectivity index (χ3v) is 4.88. The number of hydrogen-bond donors (Lipinski definition) is 1.